The second-order valence-corrected chi connectivity index (χ2v) is 26.8. The van der Waals surface area contributed by atoms with Gasteiger partial charge in [0.15, 0.2) is 6.29 Å². The maximum atomic E-state index is 14.3. The van der Waals surface area contributed by atoms with Crippen molar-refractivity contribution in [3.05, 3.63) is 60.7 Å². The van der Waals surface area contributed by atoms with E-state index in [1.54, 1.807) is 32.6 Å². The summed E-state index contributed by atoms with van der Waals surface area (Å²) in [4.78, 5) is 31.6. The van der Waals surface area contributed by atoms with Crippen molar-refractivity contribution in [2.75, 3.05) is 40.0 Å². The number of hydrogen-bond acceptors (Lipinski definition) is 12. The Balaban J connectivity index is 1.20. The van der Waals surface area contributed by atoms with Crippen LogP contribution in [-0.4, -0.2) is 159 Å². The average molecular weight is 1000 g/mol. The Morgan fingerprint density at radius 3 is 1.87 bits per heavy atom. The normalized spacial score (nSPS) is 34.6. The summed E-state index contributed by atoms with van der Waals surface area (Å²) < 4.78 is 24.3. The molecule has 14 atom stereocenters. The Bertz CT molecular complexity index is 1830. The number of ether oxygens (including phenoxy) is 4. The van der Waals surface area contributed by atoms with Gasteiger partial charge in [-0.25, -0.2) is 0 Å². The molecule has 3 fully saturated rings. The van der Waals surface area contributed by atoms with E-state index in [-0.39, 0.29) is 49.8 Å². The van der Waals surface area contributed by atoms with Crippen LogP contribution in [0, 0.1) is 17.8 Å². The number of esters is 1. The minimum Gasteiger partial charge on any atom is -0.388 e. The Labute approximate surface area is 421 Å². The predicted octanol–water partition coefficient (Wildman–Crippen LogP) is 6.57. The molecule has 3 aliphatic heterocycles. The Morgan fingerprint density at radius 1 is 0.814 bits per heavy atom. The molecule has 0 aromatic heterocycles. The molecule has 5 rings (SSSR count). The van der Waals surface area contributed by atoms with Crippen molar-refractivity contribution in [1.29, 1.82) is 0 Å². The van der Waals surface area contributed by atoms with E-state index in [0.717, 1.165) is 38.9 Å². The summed E-state index contributed by atoms with van der Waals surface area (Å²) in [5.74, 6) is -3.31. The molecule has 0 aliphatic carbocycles. The molecule has 2 aromatic carbocycles. The van der Waals surface area contributed by atoms with E-state index in [0.29, 0.717) is 18.5 Å². The number of aliphatic hydroxyl groups is 5. The SMILES string of the molecule is CC[C@H]1OC(=O)[C@H](C)[C@@H](O)[C@H](C)[C@@H](O[C@@H]2O[C@H](C)C[C@H](N(C)C)[C@H]2O)[C@](C)(O)C[C@@H](C)CN(C(=O)CCCCCCCCCCC[PH](c2ccccc2)(c2ccccc2)C2COC2)[C@H](C)[C@@H](O)[C@]1(C)O. The standard InChI is InChI=1S/C56H93N2O11P/c1-11-47-56(8,65)51(62)42(6)58(35-38(2)34-55(7,64)52(40(4)49(60)41(5)53(63)68-47)69-54-50(61)46(57(9)10)33-39(3)67-54)48(59)31-25-17-15-13-12-14-16-18-26-32-70(45-36-66-37-45,43-27-21-19-22-28-43)44-29-23-20-24-30-44/h19-24,27-30,38-42,45-47,49-52,54,60-62,64-65,70H,11-18,25-26,31-37H2,1-10H3/t38-,39-,40+,41-,42-,46+,47-,49+,50-,51-,52-,54+,55-,56-/m1/s1. The van der Waals surface area contributed by atoms with Crippen molar-refractivity contribution in [1.82, 2.24) is 9.80 Å². The van der Waals surface area contributed by atoms with Crippen LogP contribution in [0.5, 0.6) is 0 Å². The van der Waals surface area contributed by atoms with E-state index < -0.39 is 79.1 Å². The third kappa shape index (κ3) is 14.4. The van der Waals surface area contributed by atoms with Crippen LogP contribution in [0.1, 0.15) is 139 Å². The first-order chi connectivity index (χ1) is 33.2. The van der Waals surface area contributed by atoms with Crippen molar-refractivity contribution in [3.63, 3.8) is 0 Å². The van der Waals surface area contributed by atoms with E-state index >= 15 is 0 Å². The van der Waals surface area contributed by atoms with Gasteiger partial charge in [-0.2, -0.15) is 0 Å². The van der Waals surface area contributed by atoms with Crippen LogP contribution in [0.25, 0.3) is 0 Å². The second-order valence-electron chi connectivity index (χ2n) is 22.3. The van der Waals surface area contributed by atoms with E-state index in [9.17, 15) is 35.1 Å². The summed E-state index contributed by atoms with van der Waals surface area (Å²) in [7, 11) is 1.75. The van der Waals surface area contributed by atoms with Crippen LogP contribution >= 0.6 is 7.26 Å². The molecule has 3 aliphatic rings. The first-order valence-electron chi connectivity index (χ1n) is 26.8. The number of hydrogen-bond donors (Lipinski definition) is 5. The molecule has 1 amide bonds. The second kappa shape index (κ2) is 26.6. The van der Waals surface area contributed by atoms with Gasteiger partial charge in [-0.1, -0.05) is 20.8 Å². The number of rotatable bonds is 19. The van der Waals surface area contributed by atoms with E-state index in [1.165, 1.54) is 56.3 Å². The van der Waals surface area contributed by atoms with Crippen molar-refractivity contribution in [2.24, 2.45) is 17.8 Å². The van der Waals surface area contributed by atoms with Crippen molar-refractivity contribution >= 4 is 29.7 Å². The number of benzene rings is 2. The van der Waals surface area contributed by atoms with Gasteiger partial charge in [-0.3, -0.25) is 9.59 Å². The van der Waals surface area contributed by atoms with Gasteiger partial charge in [-0.05, 0) is 73.9 Å². The number of likely N-dealkylation sites (N-methyl/N-ethyl adjacent to an activating group) is 1. The smallest absolute Gasteiger partial charge is 0.126 e. The summed E-state index contributed by atoms with van der Waals surface area (Å²) in [6.07, 6.45) is 4.29. The summed E-state index contributed by atoms with van der Waals surface area (Å²) in [5, 5.41) is 62.5. The topological polar surface area (TPSA) is 179 Å². The maximum Gasteiger partial charge on any atom is 0.126 e. The molecule has 5 N–H and O–H groups in total. The molecule has 0 unspecified atom stereocenters. The number of unbranched alkanes of at least 4 members (excludes halogenated alkanes) is 8. The molecule has 0 saturated carbocycles. The van der Waals surface area contributed by atoms with Gasteiger partial charge in [0.2, 0.25) is 0 Å². The summed E-state index contributed by atoms with van der Waals surface area (Å²) in [5.41, 5.74) is -3.01. The molecule has 0 radical (unpaired) electrons. The van der Waals surface area contributed by atoms with Crippen molar-refractivity contribution in [3.8, 4) is 0 Å². The van der Waals surface area contributed by atoms with Crippen LogP contribution in [0.4, 0.5) is 0 Å². The Kier molecular flexibility index (Phi) is 22.2. The van der Waals surface area contributed by atoms with E-state index in [2.05, 4.69) is 60.7 Å². The van der Waals surface area contributed by atoms with Crippen LogP contribution in [0.3, 0.4) is 0 Å². The molecule has 13 nitrogen and oxygen atoms in total. The largest absolute Gasteiger partial charge is 0.388 e. The molecule has 3 heterocycles. The van der Waals surface area contributed by atoms with Crippen molar-refractivity contribution in [2.45, 2.75) is 211 Å². The zero-order chi connectivity index (χ0) is 51.4. The van der Waals surface area contributed by atoms with Gasteiger partial charge < -0.3 is 49.5 Å². The number of nitrogens with zero attached hydrogens (tertiary/aromatic N) is 2. The van der Waals surface area contributed by atoms with E-state index in [1.807, 2.05) is 32.8 Å². The Morgan fingerprint density at radius 2 is 1.36 bits per heavy atom. The minimum absolute atomic E-state index is 0.0992. The molecule has 0 spiro atoms. The summed E-state index contributed by atoms with van der Waals surface area (Å²) in [6.45, 7) is 15.3. The molecule has 0 bridgehead atoms. The third-order valence-electron chi connectivity index (χ3n) is 16.4. The molecular formula is C56H93N2O11P. The molecular weight excluding hydrogens is 908 g/mol. The molecule has 70 heavy (non-hydrogen) atoms. The number of aliphatic hydroxyl groups excluding tert-OH is 3. The number of carbonyl (C=O) groups is 2. The third-order valence-corrected chi connectivity index (χ3v) is 22.0. The quantitative estimate of drug-likeness (QED) is 0.0582. The van der Waals surface area contributed by atoms with Crippen LogP contribution in [0.15, 0.2) is 60.7 Å². The van der Waals surface area contributed by atoms with Gasteiger partial charge in [-0.15, -0.1) is 0 Å². The molecule has 2 aromatic rings. The predicted molar refractivity (Wildman–Crippen MR) is 280 cm³/mol. The number of carbonyl (C=O) groups excluding carboxylic acids is 2. The Hall–Kier alpha value is -2.55. The van der Waals surface area contributed by atoms with Gasteiger partial charge in [0.05, 0.1) is 35.9 Å². The van der Waals surface area contributed by atoms with E-state index in [4.69, 9.17) is 18.9 Å². The molecule has 3 saturated heterocycles. The summed E-state index contributed by atoms with van der Waals surface area (Å²) >= 11 is 0. The van der Waals surface area contributed by atoms with Gasteiger partial charge >= 0.3 is 184 Å². The van der Waals surface area contributed by atoms with Gasteiger partial charge in [0.25, 0.3) is 0 Å². The van der Waals surface area contributed by atoms with Crippen LogP contribution in [-0.2, 0) is 28.5 Å². The first kappa shape index (κ1) is 58.3. The van der Waals surface area contributed by atoms with Gasteiger partial charge in [0, 0.05) is 18.5 Å². The number of cyclic esters (lactones) is 1. The van der Waals surface area contributed by atoms with Crippen molar-refractivity contribution < 1.29 is 54.1 Å². The summed E-state index contributed by atoms with van der Waals surface area (Å²) in [6, 6.07) is 21.2. The monoisotopic (exact) mass is 1000 g/mol. The number of amides is 1. The first-order valence-corrected chi connectivity index (χ1v) is 29.1. The zero-order valence-electron chi connectivity index (χ0n) is 44.4. The average Bonchev–Trinajstić information content (AvgIpc) is 3.31. The van der Waals surface area contributed by atoms with Crippen LogP contribution in [0.2, 0.25) is 0 Å². The molecule has 398 valence electrons. The fraction of sp³-hybridized carbons (Fsp3) is 0.750. The molecule has 14 heteroatoms. The van der Waals surface area contributed by atoms with Crippen LogP contribution < -0.4 is 10.6 Å². The fourth-order valence-electron chi connectivity index (χ4n) is 12.0. The minimum atomic E-state index is -1.99. The maximum absolute atomic E-state index is 14.3. The zero-order valence-corrected chi connectivity index (χ0v) is 45.4. The van der Waals surface area contributed by atoms with Gasteiger partial charge in [0.1, 0.15) is 23.9 Å². The fourth-order valence-corrected chi connectivity index (χ4v) is 17.5.